The van der Waals surface area contributed by atoms with Gasteiger partial charge in [-0.1, -0.05) is 82.6 Å². The van der Waals surface area contributed by atoms with Gasteiger partial charge in [0.2, 0.25) is 5.69 Å². The van der Waals surface area contributed by atoms with E-state index in [4.69, 9.17) is 41.4 Å². The van der Waals surface area contributed by atoms with Gasteiger partial charge in [0.15, 0.2) is 0 Å². The van der Waals surface area contributed by atoms with Crippen LogP contribution in [0.15, 0.2) is 25.6 Å². The van der Waals surface area contributed by atoms with Crippen LogP contribution in [0.25, 0.3) is 4.85 Å². The van der Waals surface area contributed by atoms with Crippen molar-refractivity contribution in [3.8, 4) is 0 Å². The van der Waals surface area contributed by atoms with Crippen LogP contribution in [0.3, 0.4) is 0 Å². The highest BCUT2D eigenvalue weighted by Gasteiger charge is 2.21. The second-order valence-electron chi connectivity index (χ2n) is 4.53. The molecule has 0 N–H and O–H groups in total. The maximum Gasteiger partial charge on any atom is 0.210 e. The molecular weight excluding hydrogens is 540 g/mol. The summed E-state index contributed by atoms with van der Waals surface area (Å²) in [5.74, 6) is 0. The second-order valence-corrected chi connectivity index (χ2v) is 8.29. The van der Waals surface area contributed by atoms with Gasteiger partial charge in [-0.15, -0.1) is 0 Å². The predicted molar refractivity (Wildman–Crippen MR) is 105 cm³/mol. The molecule has 0 saturated heterocycles. The summed E-state index contributed by atoms with van der Waals surface area (Å²) in [6, 6.07) is 3.87. The van der Waals surface area contributed by atoms with Gasteiger partial charge in [0.1, 0.15) is 0 Å². The molecule has 0 radical (unpaired) electrons. The molecule has 0 aromatic heterocycles. The molecule has 2 rings (SSSR count). The molecule has 22 heavy (non-hydrogen) atoms. The summed E-state index contributed by atoms with van der Waals surface area (Å²) in [5.41, 5.74) is 2.55. The highest BCUT2D eigenvalue weighted by atomic mass is 79.9. The lowest BCUT2D eigenvalue weighted by molar-refractivity contribution is 1.16. The van der Waals surface area contributed by atoms with Gasteiger partial charge in [0.25, 0.3) is 0 Å². The fourth-order valence-corrected chi connectivity index (χ4v) is 5.35. The summed E-state index contributed by atoms with van der Waals surface area (Å²) in [6.07, 6.45) is 0.435. The molecule has 2 aromatic carbocycles. The Morgan fingerprint density at radius 3 is 2.00 bits per heavy atom. The highest BCUT2D eigenvalue weighted by Crippen LogP contribution is 2.45. The summed E-state index contributed by atoms with van der Waals surface area (Å²) < 4.78 is 2.73. The van der Waals surface area contributed by atoms with Crippen LogP contribution in [0.4, 0.5) is 5.69 Å². The lowest BCUT2D eigenvalue weighted by Gasteiger charge is -2.15. The Hall–Kier alpha value is 0.240. The third-order valence-electron chi connectivity index (χ3n) is 3.18. The molecule has 0 atom stereocenters. The largest absolute Gasteiger partial charge is 0.236 e. The minimum atomic E-state index is 0.343. The van der Waals surface area contributed by atoms with Crippen LogP contribution < -0.4 is 0 Å². The quantitative estimate of drug-likeness (QED) is 0.263. The van der Waals surface area contributed by atoms with Gasteiger partial charge in [-0.2, -0.15) is 0 Å². The van der Waals surface area contributed by atoms with Crippen molar-refractivity contribution in [3.05, 3.63) is 68.7 Å². The molecule has 7 heteroatoms. The van der Waals surface area contributed by atoms with Gasteiger partial charge in [0.05, 0.1) is 21.6 Å². The lowest BCUT2D eigenvalue weighted by atomic mass is 10.0. The maximum absolute atomic E-state index is 7.40. The standard InChI is InChI=1S/C15H7Br3Cl3N/c1-6-12(19)14(21)9(15(22-2)13(6)20)5-8-10(17)3-7(16)4-11(8)18/h3-4H,5H2,1H3. The van der Waals surface area contributed by atoms with Crippen molar-refractivity contribution in [2.75, 3.05) is 0 Å². The molecule has 0 unspecified atom stereocenters. The minimum Gasteiger partial charge on any atom is -0.236 e. The van der Waals surface area contributed by atoms with E-state index in [-0.39, 0.29) is 0 Å². The Morgan fingerprint density at radius 2 is 1.50 bits per heavy atom. The first kappa shape index (κ1) is 18.6. The first-order valence-electron chi connectivity index (χ1n) is 5.94. The average molecular weight is 547 g/mol. The van der Waals surface area contributed by atoms with Crippen molar-refractivity contribution in [1.82, 2.24) is 0 Å². The van der Waals surface area contributed by atoms with E-state index in [1.807, 2.05) is 12.1 Å². The molecule has 0 heterocycles. The zero-order valence-electron chi connectivity index (χ0n) is 11.1. The average Bonchev–Trinajstić information content (AvgIpc) is 2.45. The van der Waals surface area contributed by atoms with E-state index < -0.39 is 0 Å². The molecule has 0 saturated carbocycles. The van der Waals surface area contributed by atoms with E-state index >= 15 is 0 Å². The molecule has 2 aromatic rings. The second kappa shape index (κ2) is 7.42. The van der Waals surface area contributed by atoms with Gasteiger partial charge >= 0.3 is 0 Å². The molecule has 0 spiro atoms. The molecule has 0 fully saturated rings. The number of benzene rings is 2. The van der Waals surface area contributed by atoms with Crippen LogP contribution in [-0.2, 0) is 6.42 Å². The van der Waals surface area contributed by atoms with E-state index in [0.717, 1.165) is 19.0 Å². The Balaban J connectivity index is 2.68. The number of hydrogen-bond donors (Lipinski definition) is 0. The van der Waals surface area contributed by atoms with Crippen LogP contribution in [-0.4, -0.2) is 0 Å². The zero-order valence-corrected chi connectivity index (χ0v) is 18.1. The number of halogens is 6. The topological polar surface area (TPSA) is 4.36 Å². The smallest absolute Gasteiger partial charge is 0.210 e. The lowest BCUT2D eigenvalue weighted by Crippen LogP contribution is -1.96. The monoisotopic (exact) mass is 543 g/mol. The van der Waals surface area contributed by atoms with Crippen LogP contribution in [0, 0.1) is 13.5 Å². The van der Waals surface area contributed by atoms with E-state index in [1.54, 1.807) is 6.92 Å². The highest BCUT2D eigenvalue weighted by molar-refractivity contribution is 9.11. The summed E-state index contributed by atoms with van der Waals surface area (Å²) in [5, 5.41) is 1.11. The summed E-state index contributed by atoms with van der Waals surface area (Å²) in [7, 11) is 0. The number of hydrogen-bond acceptors (Lipinski definition) is 0. The van der Waals surface area contributed by atoms with Crippen LogP contribution >= 0.6 is 82.6 Å². The predicted octanol–water partition coefficient (Wildman–Crippen LogP) is 8.38. The molecule has 1 nitrogen and oxygen atoms in total. The molecular formula is C15H7Br3Cl3N. The van der Waals surface area contributed by atoms with E-state index in [9.17, 15) is 0 Å². The summed E-state index contributed by atoms with van der Waals surface area (Å²) >= 11 is 29.4. The Morgan fingerprint density at radius 1 is 0.955 bits per heavy atom. The van der Waals surface area contributed by atoms with Crippen molar-refractivity contribution in [1.29, 1.82) is 0 Å². The van der Waals surface area contributed by atoms with Crippen LogP contribution in [0.2, 0.25) is 15.1 Å². The van der Waals surface area contributed by atoms with Crippen molar-refractivity contribution in [2.24, 2.45) is 0 Å². The molecule has 114 valence electrons. The van der Waals surface area contributed by atoms with Crippen molar-refractivity contribution in [2.45, 2.75) is 13.3 Å². The molecule has 0 amide bonds. The number of rotatable bonds is 2. The Bertz CT molecular complexity index is 790. The third kappa shape index (κ3) is 3.50. The first-order chi connectivity index (χ1) is 10.3. The van der Waals surface area contributed by atoms with Gasteiger partial charge < -0.3 is 0 Å². The summed E-state index contributed by atoms with van der Waals surface area (Å²) in [6.45, 7) is 9.15. The molecule has 0 aliphatic heterocycles. The third-order valence-corrected chi connectivity index (χ3v) is 6.50. The van der Waals surface area contributed by atoms with E-state index in [0.29, 0.717) is 38.3 Å². The van der Waals surface area contributed by atoms with Crippen molar-refractivity contribution in [3.63, 3.8) is 0 Å². The van der Waals surface area contributed by atoms with Crippen molar-refractivity contribution >= 4 is 88.3 Å². The Kier molecular flexibility index (Phi) is 6.27. The Labute approximate surface area is 169 Å². The van der Waals surface area contributed by atoms with E-state index in [1.165, 1.54) is 0 Å². The molecule has 0 bridgehead atoms. The molecule has 0 aliphatic rings. The van der Waals surface area contributed by atoms with Crippen molar-refractivity contribution < 1.29 is 0 Å². The van der Waals surface area contributed by atoms with Crippen LogP contribution in [0.5, 0.6) is 0 Å². The minimum absolute atomic E-state index is 0.343. The first-order valence-corrected chi connectivity index (χ1v) is 9.46. The van der Waals surface area contributed by atoms with Gasteiger partial charge in [0, 0.05) is 13.4 Å². The van der Waals surface area contributed by atoms with Gasteiger partial charge in [-0.25, -0.2) is 4.85 Å². The molecule has 0 aliphatic carbocycles. The van der Waals surface area contributed by atoms with Gasteiger partial charge in [-0.3, -0.25) is 0 Å². The summed E-state index contributed by atoms with van der Waals surface area (Å²) in [4.78, 5) is 3.54. The van der Waals surface area contributed by atoms with Gasteiger partial charge in [-0.05, 0) is 42.2 Å². The zero-order chi connectivity index (χ0) is 16.6. The SMILES string of the molecule is [C-]#[N+]c1c(Cl)c(C)c(Cl)c(Cl)c1Cc1c(Br)cc(Br)cc1Br. The maximum atomic E-state index is 7.40. The fraction of sp³-hybridized carbons (Fsp3) is 0.133. The van der Waals surface area contributed by atoms with E-state index in [2.05, 4.69) is 52.6 Å². The normalized spacial score (nSPS) is 10.6. The number of nitrogens with zero attached hydrogens (tertiary/aromatic N) is 1. The fourth-order valence-electron chi connectivity index (χ4n) is 2.00. The van der Waals surface area contributed by atoms with Crippen LogP contribution in [0.1, 0.15) is 16.7 Å².